The van der Waals surface area contributed by atoms with Gasteiger partial charge in [0.25, 0.3) is 11.8 Å². The van der Waals surface area contributed by atoms with Gasteiger partial charge in [-0.15, -0.1) is 11.3 Å². The number of hydrogen-bond donors (Lipinski definition) is 1. The zero-order chi connectivity index (χ0) is 19.0. The minimum absolute atomic E-state index is 0.221. The van der Waals surface area contributed by atoms with Crippen molar-refractivity contribution in [3.63, 3.8) is 0 Å². The number of nitrogens with one attached hydrogen (secondary N) is 1. The number of fused-ring (bicyclic) bond motifs is 1. The van der Waals surface area contributed by atoms with E-state index in [2.05, 4.69) is 10.3 Å². The Morgan fingerprint density at radius 2 is 1.69 bits per heavy atom. The predicted molar refractivity (Wildman–Crippen MR) is 99.0 cm³/mol. The maximum atomic E-state index is 12.9. The minimum Gasteiger partial charge on any atom is -0.346 e. The highest BCUT2D eigenvalue weighted by molar-refractivity contribution is 7.09. The largest absolute Gasteiger partial charge is 0.346 e. The van der Waals surface area contributed by atoms with Crippen LogP contribution in [0.15, 0.2) is 29.6 Å². The number of thiazole rings is 1. The molecule has 2 atom stereocenters. The van der Waals surface area contributed by atoms with Gasteiger partial charge in [-0.3, -0.25) is 19.3 Å². The number of imide groups is 1. The van der Waals surface area contributed by atoms with Crippen LogP contribution >= 0.6 is 11.3 Å². The van der Waals surface area contributed by atoms with Gasteiger partial charge in [-0.2, -0.15) is 0 Å². The second-order valence-corrected chi connectivity index (χ2v) is 7.80. The number of carbonyl (C=O) groups is 3. The van der Waals surface area contributed by atoms with E-state index < -0.39 is 17.9 Å². The summed E-state index contributed by atoms with van der Waals surface area (Å²) in [6.07, 6.45) is 0. The van der Waals surface area contributed by atoms with Crippen molar-refractivity contribution in [2.24, 2.45) is 5.92 Å². The number of aryl methyl sites for hydroxylation is 1. The molecule has 136 valence electrons. The van der Waals surface area contributed by atoms with Crippen molar-refractivity contribution in [2.45, 2.75) is 39.8 Å². The van der Waals surface area contributed by atoms with Crippen LogP contribution in [0.25, 0.3) is 0 Å². The second kappa shape index (κ2) is 6.99. The Kier molecular flexibility index (Phi) is 4.91. The summed E-state index contributed by atoms with van der Waals surface area (Å²) >= 11 is 1.51. The van der Waals surface area contributed by atoms with Gasteiger partial charge in [0.2, 0.25) is 5.91 Å². The monoisotopic (exact) mass is 371 g/mol. The van der Waals surface area contributed by atoms with Crippen LogP contribution in [-0.2, 0) is 4.79 Å². The van der Waals surface area contributed by atoms with Gasteiger partial charge in [-0.25, -0.2) is 4.98 Å². The molecule has 0 fully saturated rings. The molecule has 2 unspecified atom stereocenters. The van der Waals surface area contributed by atoms with Crippen LogP contribution in [-0.4, -0.2) is 33.6 Å². The molecule has 1 aromatic carbocycles. The van der Waals surface area contributed by atoms with E-state index in [1.54, 1.807) is 24.3 Å². The van der Waals surface area contributed by atoms with Crippen LogP contribution in [0, 0.1) is 12.8 Å². The first kappa shape index (κ1) is 18.3. The van der Waals surface area contributed by atoms with Gasteiger partial charge < -0.3 is 5.32 Å². The first-order chi connectivity index (χ1) is 12.3. The molecular formula is C19H21N3O3S. The van der Waals surface area contributed by atoms with E-state index in [1.165, 1.54) is 11.3 Å². The second-order valence-electron chi connectivity index (χ2n) is 6.74. The molecule has 7 heteroatoms. The third-order valence-corrected chi connectivity index (χ3v) is 5.23. The number of aromatic nitrogens is 1. The lowest BCUT2D eigenvalue weighted by Crippen LogP contribution is -2.52. The Morgan fingerprint density at radius 1 is 1.12 bits per heavy atom. The summed E-state index contributed by atoms with van der Waals surface area (Å²) in [5, 5.41) is 5.71. The topological polar surface area (TPSA) is 79.4 Å². The first-order valence-electron chi connectivity index (χ1n) is 8.50. The highest BCUT2D eigenvalue weighted by Crippen LogP contribution is 2.27. The number of nitrogens with zero attached hydrogens (tertiary/aromatic N) is 2. The molecule has 0 aliphatic carbocycles. The summed E-state index contributed by atoms with van der Waals surface area (Å²) in [4.78, 5) is 43.9. The Balaban J connectivity index is 1.85. The average Bonchev–Trinajstić information content (AvgIpc) is 3.13. The minimum atomic E-state index is -0.871. The quantitative estimate of drug-likeness (QED) is 0.820. The van der Waals surface area contributed by atoms with Crippen molar-refractivity contribution in [1.29, 1.82) is 0 Å². The first-order valence-corrected chi connectivity index (χ1v) is 9.38. The lowest BCUT2D eigenvalue weighted by molar-refractivity contribution is -0.127. The molecule has 0 bridgehead atoms. The summed E-state index contributed by atoms with van der Waals surface area (Å²) in [5.41, 5.74) is 1.46. The molecule has 3 amide bonds. The zero-order valence-electron chi connectivity index (χ0n) is 15.1. The van der Waals surface area contributed by atoms with Crippen LogP contribution in [0.4, 0.5) is 0 Å². The van der Waals surface area contributed by atoms with Crippen molar-refractivity contribution >= 4 is 29.1 Å². The van der Waals surface area contributed by atoms with Gasteiger partial charge in [-0.1, -0.05) is 26.0 Å². The summed E-state index contributed by atoms with van der Waals surface area (Å²) < 4.78 is 0. The predicted octanol–water partition coefficient (Wildman–Crippen LogP) is 2.95. The van der Waals surface area contributed by atoms with E-state index in [0.29, 0.717) is 11.1 Å². The Morgan fingerprint density at radius 3 is 2.15 bits per heavy atom. The SMILES string of the molecule is Cc1nc(C(C)NC(=O)C(C(C)C)N2C(=O)c3ccccc3C2=O)cs1. The van der Waals surface area contributed by atoms with Gasteiger partial charge in [0.15, 0.2) is 0 Å². The van der Waals surface area contributed by atoms with E-state index in [9.17, 15) is 14.4 Å². The third kappa shape index (κ3) is 3.14. The molecule has 0 saturated carbocycles. The van der Waals surface area contributed by atoms with Crippen LogP contribution in [0.3, 0.4) is 0 Å². The molecular weight excluding hydrogens is 350 g/mol. The zero-order valence-corrected chi connectivity index (χ0v) is 16.0. The summed E-state index contributed by atoms with van der Waals surface area (Å²) in [6.45, 7) is 7.39. The van der Waals surface area contributed by atoms with E-state index in [-0.39, 0.29) is 17.9 Å². The van der Waals surface area contributed by atoms with Crippen LogP contribution in [0.1, 0.15) is 58.2 Å². The Bertz CT molecular complexity index is 839. The van der Waals surface area contributed by atoms with E-state index in [1.807, 2.05) is 33.1 Å². The number of carbonyl (C=O) groups excluding carboxylic acids is 3. The van der Waals surface area contributed by atoms with Gasteiger partial charge >= 0.3 is 0 Å². The third-order valence-electron chi connectivity index (χ3n) is 4.44. The Hall–Kier alpha value is -2.54. The fourth-order valence-corrected chi connectivity index (χ4v) is 3.84. The van der Waals surface area contributed by atoms with Crippen LogP contribution in [0.5, 0.6) is 0 Å². The van der Waals surface area contributed by atoms with Crippen molar-refractivity contribution < 1.29 is 14.4 Å². The number of amides is 3. The fraction of sp³-hybridized carbons (Fsp3) is 0.368. The van der Waals surface area contributed by atoms with E-state index in [0.717, 1.165) is 15.6 Å². The summed E-state index contributed by atoms with van der Waals surface area (Å²) in [6, 6.07) is 5.49. The van der Waals surface area contributed by atoms with Crippen LogP contribution in [0.2, 0.25) is 0 Å². The molecule has 2 aromatic rings. The van der Waals surface area contributed by atoms with Crippen molar-refractivity contribution in [2.75, 3.05) is 0 Å². The number of benzene rings is 1. The maximum absolute atomic E-state index is 12.9. The summed E-state index contributed by atoms with van der Waals surface area (Å²) in [5.74, 6) is -1.41. The molecule has 1 aliphatic heterocycles. The molecule has 1 aliphatic rings. The molecule has 1 aromatic heterocycles. The molecule has 6 nitrogen and oxygen atoms in total. The van der Waals surface area contributed by atoms with Crippen LogP contribution < -0.4 is 5.32 Å². The van der Waals surface area contributed by atoms with Gasteiger partial charge in [0.05, 0.1) is 27.9 Å². The molecule has 1 N–H and O–H groups in total. The lowest BCUT2D eigenvalue weighted by atomic mass is 10.0. The normalized spacial score (nSPS) is 16.0. The summed E-state index contributed by atoms with van der Waals surface area (Å²) in [7, 11) is 0. The fourth-order valence-electron chi connectivity index (χ4n) is 3.13. The smallest absolute Gasteiger partial charge is 0.262 e. The van der Waals surface area contributed by atoms with E-state index >= 15 is 0 Å². The van der Waals surface area contributed by atoms with Gasteiger partial charge in [-0.05, 0) is 31.9 Å². The molecule has 0 spiro atoms. The number of rotatable bonds is 5. The average molecular weight is 371 g/mol. The van der Waals surface area contributed by atoms with Crippen molar-refractivity contribution in [1.82, 2.24) is 15.2 Å². The lowest BCUT2D eigenvalue weighted by Gasteiger charge is -2.29. The molecule has 2 heterocycles. The Labute approximate surface area is 156 Å². The molecule has 0 saturated heterocycles. The van der Waals surface area contributed by atoms with Gasteiger partial charge in [0, 0.05) is 5.38 Å². The maximum Gasteiger partial charge on any atom is 0.262 e. The van der Waals surface area contributed by atoms with E-state index in [4.69, 9.17) is 0 Å². The molecule has 0 radical (unpaired) electrons. The van der Waals surface area contributed by atoms with Crippen molar-refractivity contribution in [3.8, 4) is 0 Å². The standard InChI is InChI=1S/C19H21N3O3S/c1-10(2)16(17(23)20-11(3)15-9-26-12(4)21-15)22-18(24)13-7-5-6-8-14(13)19(22)25/h5-11,16H,1-4H3,(H,20,23). The number of hydrogen-bond acceptors (Lipinski definition) is 5. The highest BCUT2D eigenvalue weighted by Gasteiger charge is 2.44. The highest BCUT2D eigenvalue weighted by atomic mass is 32.1. The molecule has 3 rings (SSSR count). The molecule has 26 heavy (non-hydrogen) atoms. The van der Waals surface area contributed by atoms with Gasteiger partial charge in [0.1, 0.15) is 6.04 Å². The van der Waals surface area contributed by atoms with Crippen molar-refractivity contribution in [3.05, 3.63) is 51.5 Å².